The van der Waals surface area contributed by atoms with Gasteiger partial charge in [0.2, 0.25) is 5.88 Å². The number of pyridine rings is 2. The van der Waals surface area contributed by atoms with Crippen molar-refractivity contribution in [2.75, 3.05) is 18.4 Å². The molecule has 45 heavy (non-hydrogen) atoms. The van der Waals surface area contributed by atoms with Crippen LogP contribution in [-0.2, 0) is 21.5 Å². The van der Waals surface area contributed by atoms with Crippen molar-refractivity contribution >= 4 is 29.3 Å². The molecule has 0 saturated carbocycles. The van der Waals surface area contributed by atoms with Crippen molar-refractivity contribution in [2.24, 2.45) is 0 Å². The number of ether oxygens (including phenoxy) is 2. The van der Waals surface area contributed by atoms with E-state index in [0.717, 1.165) is 30.4 Å². The number of anilines is 1. The second kappa shape index (κ2) is 12.3. The molecule has 0 unspecified atom stereocenters. The molecule has 0 aliphatic rings. The van der Waals surface area contributed by atoms with Crippen LogP contribution >= 0.6 is 0 Å². The number of nitrogens with zero attached hydrogens (tertiary/aromatic N) is 7. The number of methoxy groups -OCH3 is 1. The van der Waals surface area contributed by atoms with Crippen LogP contribution in [0.1, 0.15) is 11.4 Å². The minimum absolute atomic E-state index is 0.0487. The number of aromatic nitrogens is 6. The molecule has 0 saturated heterocycles. The third kappa shape index (κ3) is 6.55. The van der Waals surface area contributed by atoms with Crippen molar-refractivity contribution in [1.29, 1.82) is 5.26 Å². The molecule has 0 atom stereocenters. The molecular weight excluding hydrogens is 623 g/mol. The van der Waals surface area contributed by atoms with Gasteiger partial charge in [0.25, 0.3) is 10.0 Å². The lowest BCUT2D eigenvalue weighted by molar-refractivity contribution is 0.0866. The Balaban J connectivity index is 1.46. The van der Waals surface area contributed by atoms with Crippen LogP contribution in [0, 0.1) is 29.9 Å². The van der Waals surface area contributed by atoms with Crippen LogP contribution in [0.3, 0.4) is 0 Å². The van der Waals surface area contributed by atoms with E-state index < -0.39 is 45.9 Å². The van der Waals surface area contributed by atoms with Crippen LogP contribution in [0.25, 0.3) is 28.2 Å². The van der Waals surface area contributed by atoms with Crippen LogP contribution in [0.4, 0.5) is 14.5 Å². The topological polar surface area (TPSA) is 149 Å². The summed E-state index contributed by atoms with van der Waals surface area (Å²) >= 11 is 0. The Morgan fingerprint density at radius 1 is 1.11 bits per heavy atom. The number of benzene rings is 1. The molecular formula is C29H30F2N8O4SSi. The molecule has 4 aromatic heterocycles. The summed E-state index contributed by atoms with van der Waals surface area (Å²) in [5.74, 6) is -1.23. The monoisotopic (exact) mass is 652 g/mol. The summed E-state index contributed by atoms with van der Waals surface area (Å²) in [5, 5.41) is 17.6. The first-order valence-electron chi connectivity index (χ1n) is 13.7. The van der Waals surface area contributed by atoms with Gasteiger partial charge in [0, 0.05) is 32.6 Å². The average molecular weight is 653 g/mol. The van der Waals surface area contributed by atoms with E-state index >= 15 is 8.78 Å². The van der Waals surface area contributed by atoms with Gasteiger partial charge in [-0.15, -0.1) is 10.2 Å². The van der Waals surface area contributed by atoms with E-state index in [1.165, 1.54) is 25.7 Å². The zero-order chi connectivity index (χ0) is 32.5. The fourth-order valence-electron chi connectivity index (χ4n) is 4.50. The Bertz CT molecular complexity index is 2050. The van der Waals surface area contributed by atoms with Gasteiger partial charge in [-0.3, -0.25) is 9.29 Å². The molecule has 0 spiro atoms. The van der Waals surface area contributed by atoms with Gasteiger partial charge in [-0.25, -0.2) is 27.2 Å². The van der Waals surface area contributed by atoms with E-state index in [9.17, 15) is 13.7 Å². The lowest BCUT2D eigenvalue weighted by Crippen LogP contribution is -2.22. The van der Waals surface area contributed by atoms with Crippen molar-refractivity contribution in [3.8, 4) is 34.6 Å². The predicted octanol–water partition coefficient (Wildman–Crippen LogP) is 5.23. The van der Waals surface area contributed by atoms with Gasteiger partial charge in [0.15, 0.2) is 16.5 Å². The van der Waals surface area contributed by atoms with Crippen LogP contribution < -0.4 is 9.46 Å². The molecule has 1 aromatic carbocycles. The fourth-order valence-corrected chi connectivity index (χ4v) is 6.46. The van der Waals surface area contributed by atoms with Gasteiger partial charge in [0.05, 0.1) is 29.4 Å². The van der Waals surface area contributed by atoms with Crippen LogP contribution in [-0.4, -0.2) is 59.3 Å². The summed E-state index contributed by atoms with van der Waals surface area (Å²) in [7, 11) is -4.55. The third-order valence-electron chi connectivity index (χ3n) is 6.95. The number of sulfonamides is 1. The Morgan fingerprint density at radius 3 is 2.60 bits per heavy atom. The van der Waals surface area contributed by atoms with Crippen LogP contribution in [0.15, 0.2) is 53.9 Å². The summed E-state index contributed by atoms with van der Waals surface area (Å²) in [6.07, 6.45) is 4.10. The lowest BCUT2D eigenvalue weighted by atomic mass is 10.0. The number of halogens is 2. The summed E-state index contributed by atoms with van der Waals surface area (Å²) in [5.41, 5.74) is 0.204. The number of rotatable bonds is 11. The normalized spacial score (nSPS) is 12.0. The molecule has 0 fully saturated rings. The molecule has 16 heteroatoms. The van der Waals surface area contributed by atoms with Gasteiger partial charge in [-0.1, -0.05) is 25.7 Å². The quantitative estimate of drug-likeness (QED) is 0.149. The molecule has 0 bridgehead atoms. The summed E-state index contributed by atoms with van der Waals surface area (Å²) < 4.78 is 73.7. The highest BCUT2D eigenvalue weighted by atomic mass is 32.2. The Hall–Kier alpha value is -4.72. The van der Waals surface area contributed by atoms with Crippen molar-refractivity contribution in [3.05, 3.63) is 72.1 Å². The number of nitriles is 1. The van der Waals surface area contributed by atoms with E-state index in [0.29, 0.717) is 29.5 Å². The van der Waals surface area contributed by atoms with Gasteiger partial charge >= 0.3 is 0 Å². The maximum Gasteiger partial charge on any atom is 0.267 e. The first-order valence-corrected chi connectivity index (χ1v) is 18.9. The van der Waals surface area contributed by atoms with Gasteiger partial charge < -0.3 is 13.9 Å². The zero-order valence-electron chi connectivity index (χ0n) is 25.2. The minimum atomic E-state index is -4.49. The highest BCUT2D eigenvalue weighted by Gasteiger charge is 2.26. The number of hydrogen-bond donors (Lipinski definition) is 1. The molecule has 0 radical (unpaired) electrons. The molecule has 0 aliphatic carbocycles. The van der Waals surface area contributed by atoms with E-state index in [1.54, 1.807) is 16.5 Å². The molecule has 234 valence electrons. The second-order valence-electron chi connectivity index (χ2n) is 11.4. The number of imidazole rings is 1. The largest absolute Gasteiger partial charge is 0.480 e. The lowest BCUT2D eigenvalue weighted by Gasteiger charge is -2.16. The molecule has 1 N–H and O–H groups in total. The van der Waals surface area contributed by atoms with E-state index in [2.05, 4.69) is 44.5 Å². The third-order valence-corrected chi connectivity index (χ3v) is 10.0. The molecule has 0 amide bonds. The molecule has 5 aromatic rings. The zero-order valence-corrected chi connectivity index (χ0v) is 27.0. The molecule has 4 heterocycles. The Kier molecular flexibility index (Phi) is 8.69. The first kappa shape index (κ1) is 31.7. The summed E-state index contributed by atoms with van der Waals surface area (Å²) in [6, 6.07) is 8.91. The summed E-state index contributed by atoms with van der Waals surface area (Å²) in [6.45, 7) is 9.50. The van der Waals surface area contributed by atoms with E-state index in [1.807, 2.05) is 11.5 Å². The standard InChI is InChI=1S/C29H30F2N8O4SSi/c1-18-35-36-28(39(18)17-43-10-11-45(3,4)5)27-23-9-6-20(15-38(23)16-34-27)25-21(30)7-8-22(26(25)31)37-44(40,41)24-12-19(13-32)14-33-29(24)42-2/h6-9,12,14-16,37H,10-11,17H2,1-5H3. The molecule has 12 nitrogen and oxygen atoms in total. The maximum absolute atomic E-state index is 15.8. The van der Waals surface area contributed by atoms with E-state index in [-0.39, 0.29) is 23.7 Å². The smallest absolute Gasteiger partial charge is 0.267 e. The average Bonchev–Trinajstić information content (AvgIpc) is 3.58. The maximum atomic E-state index is 15.8. The van der Waals surface area contributed by atoms with Crippen molar-refractivity contribution < 1.29 is 26.7 Å². The van der Waals surface area contributed by atoms with Crippen molar-refractivity contribution in [1.82, 2.24) is 29.1 Å². The number of fused-ring (bicyclic) bond motifs is 1. The predicted molar refractivity (Wildman–Crippen MR) is 165 cm³/mol. The van der Waals surface area contributed by atoms with Crippen LogP contribution in [0.2, 0.25) is 25.7 Å². The first-order chi connectivity index (χ1) is 21.3. The highest BCUT2D eigenvalue weighted by molar-refractivity contribution is 7.92. The van der Waals surface area contributed by atoms with Gasteiger partial charge in [-0.2, -0.15) is 5.26 Å². The fraction of sp³-hybridized carbons (Fsp3) is 0.276. The Morgan fingerprint density at radius 2 is 1.89 bits per heavy atom. The SMILES string of the molecule is COc1ncc(C#N)cc1S(=O)(=O)Nc1ccc(F)c(-c2ccc3c(-c4nnc(C)n4COCC[Si](C)(C)C)ncn3c2)c1F. The number of hydrogen-bond acceptors (Lipinski definition) is 9. The molecule has 5 rings (SSSR count). The van der Waals surface area contributed by atoms with Crippen molar-refractivity contribution in [3.63, 3.8) is 0 Å². The second-order valence-corrected chi connectivity index (χ2v) is 18.7. The number of nitrogens with one attached hydrogen (secondary N) is 1. The minimum Gasteiger partial charge on any atom is -0.480 e. The van der Waals surface area contributed by atoms with E-state index in [4.69, 9.17) is 9.47 Å². The van der Waals surface area contributed by atoms with Crippen LogP contribution in [0.5, 0.6) is 5.88 Å². The van der Waals surface area contributed by atoms with Gasteiger partial charge in [0.1, 0.15) is 36.5 Å². The molecule has 0 aliphatic heterocycles. The highest BCUT2D eigenvalue weighted by Crippen LogP contribution is 2.34. The summed E-state index contributed by atoms with van der Waals surface area (Å²) in [4.78, 5) is 7.83. The van der Waals surface area contributed by atoms with Crippen molar-refractivity contribution in [2.45, 2.75) is 44.2 Å². The van der Waals surface area contributed by atoms with Gasteiger partial charge in [-0.05, 0) is 37.2 Å². The Labute approximate surface area is 259 Å². The number of aryl methyl sites for hydroxylation is 1.